The van der Waals surface area contributed by atoms with Crippen LogP contribution in [0.5, 0.6) is 5.75 Å². The van der Waals surface area contributed by atoms with Crippen molar-refractivity contribution in [3.63, 3.8) is 0 Å². The largest absolute Gasteiger partial charge is 0.495 e. The van der Waals surface area contributed by atoms with Crippen LogP contribution in [0.15, 0.2) is 36.8 Å². The SMILES string of the molecule is CCNc1cnn2c1C(=O)N(c1ccc(C(F)(F)F)c(Cl)c1)CC2C.COc1cncc(C)c1C. The Hall–Kier alpha value is -3.27. The van der Waals surface area contributed by atoms with E-state index in [4.69, 9.17) is 16.3 Å². The first-order chi connectivity index (χ1) is 16.5. The van der Waals surface area contributed by atoms with Gasteiger partial charge in [0.05, 0.1) is 41.8 Å². The number of alkyl halides is 3. The van der Waals surface area contributed by atoms with Crippen molar-refractivity contribution in [2.75, 3.05) is 30.4 Å². The van der Waals surface area contributed by atoms with E-state index < -0.39 is 16.8 Å². The molecule has 1 aliphatic rings. The summed E-state index contributed by atoms with van der Waals surface area (Å²) >= 11 is 5.79. The Labute approximate surface area is 206 Å². The zero-order valence-electron chi connectivity index (χ0n) is 20.1. The highest BCUT2D eigenvalue weighted by Crippen LogP contribution is 2.38. The van der Waals surface area contributed by atoms with Gasteiger partial charge in [-0.15, -0.1) is 0 Å². The van der Waals surface area contributed by atoms with Crippen LogP contribution in [0.3, 0.4) is 0 Å². The Bertz CT molecular complexity index is 1210. The minimum absolute atomic E-state index is 0.124. The number of hydrogen-bond acceptors (Lipinski definition) is 5. The van der Waals surface area contributed by atoms with Crippen molar-refractivity contribution in [1.29, 1.82) is 0 Å². The van der Waals surface area contributed by atoms with Gasteiger partial charge in [-0.2, -0.15) is 18.3 Å². The van der Waals surface area contributed by atoms with E-state index in [1.165, 1.54) is 22.6 Å². The van der Waals surface area contributed by atoms with Gasteiger partial charge in [-0.25, -0.2) is 0 Å². The predicted octanol–water partition coefficient (Wildman–Crippen LogP) is 5.92. The summed E-state index contributed by atoms with van der Waals surface area (Å²) in [5.74, 6) is 0.530. The van der Waals surface area contributed by atoms with Crippen molar-refractivity contribution in [1.82, 2.24) is 14.8 Å². The number of aromatic nitrogens is 3. The van der Waals surface area contributed by atoms with E-state index in [1.54, 1.807) is 24.2 Å². The molecule has 1 N–H and O–H groups in total. The van der Waals surface area contributed by atoms with Gasteiger partial charge in [0, 0.05) is 25.0 Å². The Morgan fingerprint density at radius 2 is 1.94 bits per heavy atom. The summed E-state index contributed by atoms with van der Waals surface area (Å²) in [6.07, 6.45) is 0.600. The summed E-state index contributed by atoms with van der Waals surface area (Å²) in [5.41, 5.74) is 2.72. The van der Waals surface area contributed by atoms with Crippen LogP contribution < -0.4 is 15.0 Å². The number of aryl methyl sites for hydroxylation is 1. The zero-order chi connectivity index (χ0) is 25.9. The van der Waals surface area contributed by atoms with Crippen LogP contribution in [0.2, 0.25) is 5.02 Å². The van der Waals surface area contributed by atoms with Crippen LogP contribution in [0, 0.1) is 13.8 Å². The van der Waals surface area contributed by atoms with Gasteiger partial charge in [0.2, 0.25) is 0 Å². The number of hydrogen-bond donors (Lipinski definition) is 1. The monoisotopic (exact) mass is 509 g/mol. The molecule has 7 nitrogen and oxygen atoms in total. The topological polar surface area (TPSA) is 72.3 Å². The molecule has 35 heavy (non-hydrogen) atoms. The molecule has 3 heterocycles. The summed E-state index contributed by atoms with van der Waals surface area (Å²) in [7, 11) is 1.66. The molecule has 1 amide bonds. The Morgan fingerprint density at radius 3 is 2.51 bits per heavy atom. The average Bonchev–Trinajstić information content (AvgIpc) is 3.22. The van der Waals surface area contributed by atoms with E-state index in [9.17, 15) is 18.0 Å². The minimum Gasteiger partial charge on any atom is -0.495 e. The number of pyridine rings is 1. The predicted molar refractivity (Wildman–Crippen MR) is 129 cm³/mol. The fourth-order valence-corrected chi connectivity index (χ4v) is 4.00. The molecular formula is C24H27ClF3N5O2. The van der Waals surface area contributed by atoms with E-state index in [1.807, 2.05) is 33.9 Å². The third-order valence-electron chi connectivity index (χ3n) is 5.69. The second kappa shape index (κ2) is 10.6. The van der Waals surface area contributed by atoms with Crippen molar-refractivity contribution in [2.24, 2.45) is 0 Å². The van der Waals surface area contributed by atoms with E-state index in [2.05, 4.69) is 15.4 Å². The number of nitrogens with zero attached hydrogens (tertiary/aromatic N) is 4. The van der Waals surface area contributed by atoms with Crippen LogP contribution in [-0.2, 0) is 6.18 Å². The second-order valence-corrected chi connectivity index (χ2v) is 8.50. The summed E-state index contributed by atoms with van der Waals surface area (Å²) < 4.78 is 45.3. The highest BCUT2D eigenvalue weighted by atomic mass is 35.5. The van der Waals surface area contributed by atoms with Gasteiger partial charge >= 0.3 is 6.18 Å². The molecule has 0 saturated heterocycles. The number of fused-ring (bicyclic) bond motifs is 1. The van der Waals surface area contributed by atoms with Crippen LogP contribution in [0.25, 0.3) is 0 Å². The molecule has 3 aromatic rings. The molecular weight excluding hydrogens is 483 g/mol. The molecule has 11 heteroatoms. The summed E-state index contributed by atoms with van der Waals surface area (Å²) in [4.78, 5) is 18.3. The fourth-order valence-electron chi connectivity index (χ4n) is 3.72. The average molecular weight is 510 g/mol. The third kappa shape index (κ3) is 5.53. The first-order valence-electron chi connectivity index (χ1n) is 10.9. The number of carbonyl (C=O) groups is 1. The molecule has 0 fully saturated rings. The molecule has 0 spiro atoms. The number of rotatable bonds is 4. The Morgan fingerprint density at radius 1 is 1.23 bits per heavy atom. The number of benzene rings is 1. The lowest BCUT2D eigenvalue weighted by Gasteiger charge is -2.32. The maximum Gasteiger partial charge on any atom is 0.417 e. The van der Waals surface area contributed by atoms with Gasteiger partial charge in [-0.05, 0) is 57.0 Å². The number of halogens is 4. The fraction of sp³-hybridized carbons (Fsp3) is 0.375. The van der Waals surface area contributed by atoms with Gasteiger partial charge in [0.25, 0.3) is 5.91 Å². The van der Waals surface area contributed by atoms with Crippen molar-refractivity contribution in [3.8, 4) is 5.75 Å². The van der Waals surface area contributed by atoms with Crippen molar-refractivity contribution in [2.45, 2.75) is 39.9 Å². The Balaban J connectivity index is 0.000000287. The number of methoxy groups -OCH3 is 1. The standard InChI is InChI=1S/C16H16ClF3N4O.C8H11NO/c1-3-21-13-7-22-24-9(2)8-23(15(25)14(13)24)10-4-5-11(12(17)6-10)16(18,19)20;1-6-4-9-5-8(10-3)7(6)2/h4-7,9,21H,3,8H2,1-2H3;4-5H,1-3H3. The lowest BCUT2D eigenvalue weighted by atomic mass is 10.1. The van der Waals surface area contributed by atoms with Crippen LogP contribution in [-0.4, -0.2) is 40.9 Å². The zero-order valence-corrected chi connectivity index (χ0v) is 20.8. The van der Waals surface area contributed by atoms with Crippen molar-refractivity contribution < 1.29 is 22.7 Å². The molecule has 0 bridgehead atoms. The number of anilines is 2. The molecule has 188 valence electrons. The molecule has 0 radical (unpaired) electrons. The Kier molecular flexibility index (Phi) is 7.94. The molecule has 1 aromatic carbocycles. The molecule has 1 aliphatic heterocycles. The first kappa shape index (κ1) is 26.3. The normalized spacial score (nSPS) is 15.3. The molecule has 1 atom stereocenters. The van der Waals surface area contributed by atoms with E-state index in [0.29, 0.717) is 30.2 Å². The van der Waals surface area contributed by atoms with Gasteiger partial charge in [-0.1, -0.05) is 11.6 Å². The second-order valence-electron chi connectivity index (χ2n) is 8.09. The molecule has 0 aliphatic carbocycles. The van der Waals surface area contributed by atoms with Crippen molar-refractivity contribution in [3.05, 3.63) is 64.2 Å². The van der Waals surface area contributed by atoms with E-state index >= 15 is 0 Å². The lowest BCUT2D eigenvalue weighted by Crippen LogP contribution is -2.43. The number of nitrogens with one attached hydrogen (secondary N) is 1. The van der Waals surface area contributed by atoms with Crippen molar-refractivity contribution >= 4 is 28.9 Å². The summed E-state index contributed by atoms with van der Waals surface area (Å²) in [6.45, 7) is 8.74. The smallest absolute Gasteiger partial charge is 0.417 e. The van der Waals surface area contributed by atoms with Crippen LogP contribution in [0.1, 0.15) is 47.1 Å². The van der Waals surface area contributed by atoms with Gasteiger partial charge in [0.1, 0.15) is 11.4 Å². The number of ether oxygens (including phenoxy) is 1. The molecule has 4 rings (SSSR count). The highest BCUT2D eigenvalue weighted by molar-refractivity contribution is 6.31. The lowest BCUT2D eigenvalue weighted by molar-refractivity contribution is -0.137. The summed E-state index contributed by atoms with van der Waals surface area (Å²) in [5, 5.41) is 6.87. The van der Waals surface area contributed by atoms with Gasteiger partial charge in [-0.3, -0.25) is 14.5 Å². The molecule has 0 saturated carbocycles. The van der Waals surface area contributed by atoms with Gasteiger partial charge < -0.3 is 15.0 Å². The van der Waals surface area contributed by atoms with Crippen LogP contribution in [0.4, 0.5) is 24.5 Å². The number of amides is 1. The number of carbonyl (C=O) groups excluding carboxylic acids is 1. The quantitative estimate of drug-likeness (QED) is 0.473. The van der Waals surface area contributed by atoms with Gasteiger partial charge in [0.15, 0.2) is 0 Å². The van der Waals surface area contributed by atoms with E-state index in [0.717, 1.165) is 17.4 Å². The maximum absolute atomic E-state index is 12.9. The van der Waals surface area contributed by atoms with Crippen LogP contribution >= 0.6 is 11.6 Å². The van der Waals surface area contributed by atoms with E-state index in [-0.39, 0.29) is 11.9 Å². The molecule has 2 aromatic heterocycles. The third-order valence-corrected chi connectivity index (χ3v) is 6.00. The molecule has 1 unspecified atom stereocenters. The first-order valence-corrected chi connectivity index (χ1v) is 11.3. The highest BCUT2D eigenvalue weighted by Gasteiger charge is 2.36. The summed E-state index contributed by atoms with van der Waals surface area (Å²) in [6, 6.07) is 3.21. The maximum atomic E-state index is 12.9. The minimum atomic E-state index is -4.54.